The Kier molecular flexibility index (Phi) is 3.29. The Hall–Kier alpha value is -2.13. The van der Waals surface area contributed by atoms with E-state index in [1.165, 1.54) is 11.1 Å². The SMILES string of the molecule is O=C(N[C@@H]1CNCc2ccccc21)c1ccccc1. The minimum atomic E-state index is -0.0240. The quantitative estimate of drug-likeness (QED) is 0.860. The van der Waals surface area contributed by atoms with E-state index in [4.69, 9.17) is 0 Å². The second kappa shape index (κ2) is 5.24. The molecule has 0 fully saturated rings. The normalized spacial score (nSPS) is 17.6. The smallest absolute Gasteiger partial charge is 0.251 e. The third kappa shape index (κ3) is 2.51. The maximum absolute atomic E-state index is 12.2. The molecule has 0 bridgehead atoms. The van der Waals surface area contributed by atoms with Gasteiger partial charge in [0.15, 0.2) is 0 Å². The van der Waals surface area contributed by atoms with Gasteiger partial charge in [-0.15, -0.1) is 0 Å². The average molecular weight is 252 g/mol. The third-order valence-corrected chi connectivity index (χ3v) is 3.44. The highest BCUT2D eigenvalue weighted by Gasteiger charge is 2.21. The summed E-state index contributed by atoms with van der Waals surface area (Å²) in [5.41, 5.74) is 3.17. The number of carbonyl (C=O) groups is 1. The first-order chi connectivity index (χ1) is 9.34. The number of carbonyl (C=O) groups excluding carboxylic acids is 1. The van der Waals surface area contributed by atoms with Crippen molar-refractivity contribution < 1.29 is 4.79 Å². The highest BCUT2D eigenvalue weighted by atomic mass is 16.1. The lowest BCUT2D eigenvalue weighted by Gasteiger charge is -2.27. The summed E-state index contributed by atoms with van der Waals surface area (Å²) in [5, 5.41) is 6.42. The maximum atomic E-state index is 12.2. The molecule has 1 aliphatic rings. The zero-order valence-electron chi connectivity index (χ0n) is 10.6. The Labute approximate surface area is 112 Å². The number of nitrogens with one attached hydrogen (secondary N) is 2. The van der Waals surface area contributed by atoms with E-state index in [9.17, 15) is 4.79 Å². The molecule has 0 spiro atoms. The van der Waals surface area contributed by atoms with Crippen LogP contribution in [0.3, 0.4) is 0 Å². The Morgan fingerprint density at radius 3 is 2.63 bits per heavy atom. The molecule has 0 aliphatic carbocycles. The molecule has 0 radical (unpaired) electrons. The first kappa shape index (κ1) is 11.9. The molecule has 1 heterocycles. The molecule has 3 nitrogen and oxygen atoms in total. The van der Waals surface area contributed by atoms with Crippen molar-refractivity contribution in [2.24, 2.45) is 0 Å². The van der Waals surface area contributed by atoms with Crippen LogP contribution < -0.4 is 10.6 Å². The Bertz CT molecular complexity index is 580. The molecule has 1 atom stereocenters. The predicted octanol–water partition coefficient (Wildman–Crippen LogP) is 2.26. The summed E-state index contributed by atoms with van der Waals surface area (Å²) in [5.74, 6) is -0.0240. The fourth-order valence-electron chi connectivity index (χ4n) is 2.46. The van der Waals surface area contributed by atoms with Crippen LogP contribution >= 0.6 is 0 Å². The van der Waals surface area contributed by atoms with Gasteiger partial charge in [0.1, 0.15) is 0 Å². The van der Waals surface area contributed by atoms with Crippen LogP contribution in [0, 0.1) is 0 Å². The van der Waals surface area contributed by atoms with Crippen molar-refractivity contribution in [2.75, 3.05) is 6.54 Å². The van der Waals surface area contributed by atoms with Crippen LogP contribution in [-0.2, 0) is 6.54 Å². The van der Waals surface area contributed by atoms with E-state index in [1.54, 1.807) is 0 Å². The average Bonchev–Trinajstić information content (AvgIpc) is 2.48. The fraction of sp³-hybridized carbons (Fsp3) is 0.188. The second-order valence-electron chi connectivity index (χ2n) is 4.72. The number of hydrogen-bond donors (Lipinski definition) is 2. The maximum Gasteiger partial charge on any atom is 0.251 e. The first-order valence-corrected chi connectivity index (χ1v) is 6.49. The van der Waals surface area contributed by atoms with Crippen molar-refractivity contribution in [3.8, 4) is 0 Å². The van der Waals surface area contributed by atoms with Crippen molar-refractivity contribution in [1.82, 2.24) is 10.6 Å². The molecule has 2 aromatic rings. The summed E-state index contributed by atoms with van der Waals surface area (Å²) in [6, 6.07) is 17.6. The highest BCUT2D eigenvalue weighted by Crippen LogP contribution is 2.21. The molecule has 0 saturated carbocycles. The third-order valence-electron chi connectivity index (χ3n) is 3.44. The summed E-state index contributed by atoms with van der Waals surface area (Å²) in [7, 11) is 0. The van der Waals surface area contributed by atoms with Crippen molar-refractivity contribution >= 4 is 5.91 Å². The van der Waals surface area contributed by atoms with E-state index in [2.05, 4.69) is 22.8 Å². The van der Waals surface area contributed by atoms with Crippen LogP contribution in [0.15, 0.2) is 54.6 Å². The highest BCUT2D eigenvalue weighted by molar-refractivity contribution is 5.94. The summed E-state index contributed by atoms with van der Waals surface area (Å²) < 4.78 is 0. The van der Waals surface area contributed by atoms with Gasteiger partial charge in [-0.2, -0.15) is 0 Å². The largest absolute Gasteiger partial charge is 0.344 e. The monoisotopic (exact) mass is 252 g/mol. The molecule has 1 amide bonds. The van der Waals surface area contributed by atoms with E-state index in [0.717, 1.165) is 13.1 Å². The molecule has 96 valence electrons. The van der Waals surface area contributed by atoms with E-state index >= 15 is 0 Å². The summed E-state index contributed by atoms with van der Waals surface area (Å²) in [6.45, 7) is 1.64. The molecule has 1 aliphatic heterocycles. The summed E-state index contributed by atoms with van der Waals surface area (Å²) in [6.07, 6.45) is 0. The van der Waals surface area contributed by atoms with Gasteiger partial charge in [0.2, 0.25) is 0 Å². The minimum Gasteiger partial charge on any atom is -0.344 e. The minimum absolute atomic E-state index is 0.0240. The van der Waals surface area contributed by atoms with Crippen molar-refractivity contribution in [3.63, 3.8) is 0 Å². The molecule has 3 heteroatoms. The number of rotatable bonds is 2. The zero-order chi connectivity index (χ0) is 13.1. The standard InChI is InChI=1S/C16H16N2O/c19-16(12-6-2-1-3-7-12)18-15-11-17-10-13-8-4-5-9-14(13)15/h1-9,15,17H,10-11H2,(H,18,19)/t15-/m1/s1. The van der Waals surface area contributed by atoms with Crippen molar-refractivity contribution in [1.29, 1.82) is 0 Å². The fourth-order valence-corrected chi connectivity index (χ4v) is 2.46. The number of benzene rings is 2. The van der Waals surface area contributed by atoms with Crippen LogP contribution in [-0.4, -0.2) is 12.5 Å². The lowest BCUT2D eigenvalue weighted by atomic mass is 9.96. The molecule has 0 aromatic heterocycles. The molecule has 0 saturated heterocycles. The van der Waals surface area contributed by atoms with Gasteiger partial charge in [-0.3, -0.25) is 4.79 Å². The van der Waals surface area contributed by atoms with Gasteiger partial charge in [-0.25, -0.2) is 0 Å². The molecule has 3 rings (SSSR count). The number of amides is 1. The van der Waals surface area contributed by atoms with E-state index in [1.807, 2.05) is 42.5 Å². The van der Waals surface area contributed by atoms with Gasteiger partial charge in [0.25, 0.3) is 5.91 Å². The van der Waals surface area contributed by atoms with Crippen LogP contribution in [0.1, 0.15) is 27.5 Å². The van der Waals surface area contributed by atoms with Gasteiger partial charge in [0, 0.05) is 18.7 Å². The predicted molar refractivity (Wildman–Crippen MR) is 74.8 cm³/mol. The van der Waals surface area contributed by atoms with Crippen molar-refractivity contribution in [3.05, 3.63) is 71.3 Å². The van der Waals surface area contributed by atoms with Gasteiger partial charge in [-0.1, -0.05) is 42.5 Å². The number of hydrogen-bond acceptors (Lipinski definition) is 2. The molecular formula is C16H16N2O. The summed E-state index contributed by atoms with van der Waals surface area (Å²) >= 11 is 0. The van der Waals surface area contributed by atoms with Crippen LogP contribution in [0.4, 0.5) is 0 Å². The molecule has 2 aromatic carbocycles. The van der Waals surface area contributed by atoms with Crippen LogP contribution in [0.25, 0.3) is 0 Å². The molecule has 19 heavy (non-hydrogen) atoms. The van der Waals surface area contributed by atoms with Crippen LogP contribution in [0.5, 0.6) is 0 Å². The second-order valence-corrected chi connectivity index (χ2v) is 4.72. The lowest BCUT2D eigenvalue weighted by Crippen LogP contribution is -2.39. The van der Waals surface area contributed by atoms with Gasteiger partial charge in [-0.05, 0) is 23.3 Å². The van der Waals surface area contributed by atoms with Gasteiger partial charge < -0.3 is 10.6 Å². The lowest BCUT2D eigenvalue weighted by molar-refractivity contribution is 0.0934. The zero-order valence-corrected chi connectivity index (χ0v) is 10.6. The molecule has 0 unspecified atom stereocenters. The Balaban J connectivity index is 1.80. The van der Waals surface area contributed by atoms with E-state index in [0.29, 0.717) is 5.56 Å². The Morgan fingerprint density at radius 1 is 1.05 bits per heavy atom. The topological polar surface area (TPSA) is 41.1 Å². The Morgan fingerprint density at radius 2 is 1.79 bits per heavy atom. The van der Waals surface area contributed by atoms with Crippen molar-refractivity contribution in [2.45, 2.75) is 12.6 Å². The molecule has 2 N–H and O–H groups in total. The first-order valence-electron chi connectivity index (χ1n) is 6.49. The summed E-state index contributed by atoms with van der Waals surface area (Å²) in [4.78, 5) is 12.2. The van der Waals surface area contributed by atoms with E-state index < -0.39 is 0 Å². The molecular weight excluding hydrogens is 236 g/mol. The van der Waals surface area contributed by atoms with Gasteiger partial charge in [0.05, 0.1) is 6.04 Å². The van der Waals surface area contributed by atoms with E-state index in [-0.39, 0.29) is 11.9 Å². The van der Waals surface area contributed by atoms with Gasteiger partial charge >= 0.3 is 0 Å². The van der Waals surface area contributed by atoms with Crippen LogP contribution in [0.2, 0.25) is 0 Å². The number of fused-ring (bicyclic) bond motifs is 1.